The molecule has 1 unspecified atom stereocenters. The molecule has 0 aliphatic carbocycles. The zero-order valence-electron chi connectivity index (χ0n) is 18.0. The second-order valence-electron chi connectivity index (χ2n) is 6.70. The van der Waals surface area contributed by atoms with Gasteiger partial charge in [0.15, 0.2) is 5.69 Å². The summed E-state index contributed by atoms with van der Waals surface area (Å²) >= 11 is 2.14. The maximum Gasteiger partial charge on any atom is 0.358 e. The average Bonchev–Trinajstić information content (AvgIpc) is 3.24. The standard InChI is InChI=1S/C23H24IN3O4S/c1-5-16(7-8-19(29)10-11-26(3)15-28)13-17(6-2)20-14-18-9-12-27(32-24)22(18)21(25-20)23(30)31-4/h5-6,9,12-15,19,29H,1,10-11H2,2-4H3/b16-13+,17-6+. The van der Waals surface area contributed by atoms with Gasteiger partial charge >= 0.3 is 5.97 Å². The lowest BCUT2D eigenvalue weighted by atomic mass is 10.1. The number of rotatable bonds is 9. The predicted octanol–water partition coefficient (Wildman–Crippen LogP) is 4.03. The maximum absolute atomic E-state index is 12.4. The van der Waals surface area contributed by atoms with E-state index in [2.05, 4.69) is 44.6 Å². The van der Waals surface area contributed by atoms with Crippen molar-refractivity contribution < 1.29 is 19.4 Å². The number of aromatic nitrogens is 2. The summed E-state index contributed by atoms with van der Waals surface area (Å²) in [5.41, 5.74) is 2.83. The quantitative estimate of drug-likeness (QED) is 0.163. The van der Waals surface area contributed by atoms with Crippen molar-refractivity contribution in [2.75, 3.05) is 20.7 Å². The van der Waals surface area contributed by atoms with Gasteiger partial charge in [0.1, 0.15) is 6.10 Å². The summed E-state index contributed by atoms with van der Waals surface area (Å²) in [6, 6.07) is 3.81. The third kappa shape index (κ3) is 6.48. The number of hydrogen-bond acceptors (Lipinski definition) is 6. The van der Waals surface area contributed by atoms with E-state index < -0.39 is 12.1 Å². The molecule has 1 N–H and O–H groups in total. The molecule has 1 amide bonds. The van der Waals surface area contributed by atoms with E-state index in [0.29, 0.717) is 36.2 Å². The minimum atomic E-state index is -0.874. The molecule has 2 rings (SSSR count). The summed E-state index contributed by atoms with van der Waals surface area (Å²) in [5, 5.41) is 10.9. The minimum absolute atomic E-state index is 0.225. The Kier molecular flexibility index (Phi) is 10.0. The summed E-state index contributed by atoms with van der Waals surface area (Å²) in [7, 11) is 4.40. The van der Waals surface area contributed by atoms with Gasteiger partial charge in [-0.25, -0.2) is 9.78 Å². The third-order valence-electron chi connectivity index (χ3n) is 4.54. The molecule has 1 atom stereocenters. The molecule has 7 nitrogen and oxygen atoms in total. The fourth-order valence-electron chi connectivity index (χ4n) is 2.82. The summed E-state index contributed by atoms with van der Waals surface area (Å²) in [6.45, 7) is 6.06. The van der Waals surface area contributed by atoms with Gasteiger partial charge < -0.3 is 14.7 Å². The molecule has 0 aromatic carbocycles. The molecular formula is C23H24IN3O4S. The monoisotopic (exact) mass is 565 g/mol. The first-order valence-electron chi connectivity index (χ1n) is 9.63. The molecule has 168 valence electrons. The normalized spacial score (nSPS) is 12.7. The number of hydrogen-bond donors (Lipinski definition) is 1. The van der Waals surface area contributed by atoms with E-state index in [1.54, 1.807) is 19.2 Å². The van der Waals surface area contributed by atoms with Crippen molar-refractivity contribution in [3.8, 4) is 11.8 Å². The number of pyridine rings is 1. The summed E-state index contributed by atoms with van der Waals surface area (Å²) in [4.78, 5) is 29.1. The fourth-order valence-corrected chi connectivity index (χ4v) is 4.17. The van der Waals surface area contributed by atoms with Crippen molar-refractivity contribution in [3.63, 3.8) is 0 Å². The van der Waals surface area contributed by atoms with E-state index in [1.165, 1.54) is 21.1 Å². The van der Waals surface area contributed by atoms with Crippen LogP contribution in [-0.4, -0.2) is 58.1 Å². The molecule has 0 aliphatic rings. The van der Waals surface area contributed by atoms with E-state index >= 15 is 0 Å². The molecule has 0 spiro atoms. The van der Waals surface area contributed by atoms with Gasteiger partial charge in [-0.15, -0.1) is 0 Å². The van der Waals surface area contributed by atoms with Crippen LogP contribution in [0, 0.1) is 11.8 Å². The number of carbonyl (C=O) groups excluding carboxylic acids is 2. The van der Waals surface area contributed by atoms with Crippen LogP contribution in [0.3, 0.4) is 0 Å². The molecule has 32 heavy (non-hydrogen) atoms. The van der Waals surface area contributed by atoms with Crippen LogP contribution in [0.1, 0.15) is 29.5 Å². The van der Waals surface area contributed by atoms with Crippen molar-refractivity contribution in [2.45, 2.75) is 19.4 Å². The summed E-state index contributed by atoms with van der Waals surface area (Å²) in [6.07, 6.45) is 7.28. The van der Waals surface area contributed by atoms with Crippen LogP contribution in [0.25, 0.3) is 16.5 Å². The molecule has 0 fully saturated rings. The first-order chi connectivity index (χ1) is 15.4. The smallest absolute Gasteiger partial charge is 0.358 e. The molecule has 2 aromatic heterocycles. The molecular weight excluding hydrogens is 541 g/mol. The average molecular weight is 565 g/mol. The van der Waals surface area contributed by atoms with E-state index in [4.69, 9.17) is 4.74 Å². The SMILES string of the molecule is C=C/C(C#CC(O)CCN(C)C=O)=C\C(=C/C)c1cc2ccn(SI)c2c(C(=O)OC)n1. The van der Waals surface area contributed by atoms with Crippen LogP contribution in [0.15, 0.2) is 48.7 Å². The highest BCUT2D eigenvalue weighted by Crippen LogP contribution is 2.30. The highest BCUT2D eigenvalue weighted by molar-refractivity contribution is 14.2. The predicted molar refractivity (Wildman–Crippen MR) is 137 cm³/mol. The highest BCUT2D eigenvalue weighted by atomic mass is 127. The molecule has 9 heteroatoms. The molecule has 0 bridgehead atoms. The lowest BCUT2D eigenvalue weighted by Gasteiger charge is -2.10. The minimum Gasteiger partial charge on any atom is -0.464 e. The Morgan fingerprint density at radius 1 is 1.53 bits per heavy atom. The number of nitrogens with zero attached hydrogens (tertiary/aromatic N) is 3. The maximum atomic E-state index is 12.4. The second-order valence-corrected chi connectivity index (χ2v) is 8.42. The molecule has 2 aromatic rings. The number of esters is 1. The highest BCUT2D eigenvalue weighted by Gasteiger charge is 2.19. The van der Waals surface area contributed by atoms with Gasteiger partial charge in [0.2, 0.25) is 6.41 Å². The lowest BCUT2D eigenvalue weighted by molar-refractivity contribution is -0.117. The molecule has 0 aliphatic heterocycles. The zero-order valence-corrected chi connectivity index (χ0v) is 21.0. The van der Waals surface area contributed by atoms with Gasteiger partial charge in [-0.1, -0.05) is 30.6 Å². The number of halogens is 1. The van der Waals surface area contributed by atoms with Crippen molar-refractivity contribution >= 4 is 59.2 Å². The van der Waals surface area contributed by atoms with Gasteiger partial charge in [-0.3, -0.25) is 8.77 Å². The Morgan fingerprint density at radius 2 is 2.28 bits per heavy atom. The van der Waals surface area contributed by atoms with Gasteiger partial charge in [-0.05, 0) is 30.7 Å². The lowest BCUT2D eigenvalue weighted by Crippen LogP contribution is -2.21. The number of aliphatic hydroxyl groups is 1. The topological polar surface area (TPSA) is 84.7 Å². The Balaban J connectivity index is 2.42. The number of aliphatic hydroxyl groups excluding tert-OH is 1. The Labute approximate surface area is 203 Å². The van der Waals surface area contributed by atoms with Crippen LogP contribution in [0.4, 0.5) is 0 Å². The third-order valence-corrected chi connectivity index (χ3v) is 6.27. The van der Waals surface area contributed by atoms with Crippen molar-refractivity contribution in [3.05, 3.63) is 60.1 Å². The van der Waals surface area contributed by atoms with Crippen LogP contribution < -0.4 is 0 Å². The molecule has 0 radical (unpaired) electrons. The van der Waals surface area contributed by atoms with Gasteiger partial charge in [-0.2, -0.15) is 0 Å². The van der Waals surface area contributed by atoms with Crippen molar-refractivity contribution in [1.29, 1.82) is 0 Å². The van der Waals surface area contributed by atoms with E-state index in [1.807, 2.05) is 35.3 Å². The number of allylic oxidation sites excluding steroid dienone is 5. The van der Waals surface area contributed by atoms with Crippen LogP contribution in [-0.2, 0) is 9.53 Å². The van der Waals surface area contributed by atoms with Crippen LogP contribution >= 0.6 is 30.3 Å². The van der Waals surface area contributed by atoms with E-state index in [-0.39, 0.29) is 5.69 Å². The number of methoxy groups -OCH3 is 1. The Hall–Kier alpha value is -2.55. The number of amides is 1. The Morgan fingerprint density at radius 3 is 2.88 bits per heavy atom. The molecule has 2 heterocycles. The molecule has 0 saturated carbocycles. The van der Waals surface area contributed by atoms with Gasteiger partial charge in [0, 0.05) is 67.5 Å². The first-order valence-corrected chi connectivity index (χ1v) is 13.0. The van der Waals surface area contributed by atoms with Crippen molar-refractivity contribution in [2.24, 2.45) is 0 Å². The number of fused-ring (bicyclic) bond motifs is 1. The van der Waals surface area contributed by atoms with Gasteiger partial charge in [0.05, 0.1) is 18.3 Å². The number of carbonyl (C=O) groups is 2. The first kappa shape index (κ1) is 25.7. The second kappa shape index (κ2) is 12.5. The van der Waals surface area contributed by atoms with Crippen molar-refractivity contribution in [1.82, 2.24) is 13.9 Å². The summed E-state index contributed by atoms with van der Waals surface area (Å²) in [5.74, 6) is 5.16. The largest absolute Gasteiger partial charge is 0.464 e. The summed E-state index contributed by atoms with van der Waals surface area (Å²) < 4.78 is 6.80. The Bertz CT molecular complexity index is 1130. The van der Waals surface area contributed by atoms with Crippen LogP contribution in [0.5, 0.6) is 0 Å². The number of ether oxygens (including phenoxy) is 1. The van der Waals surface area contributed by atoms with Crippen LogP contribution in [0.2, 0.25) is 0 Å². The van der Waals surface area contributed by atoms with E-state index in [9.17, 15) is 14.7 Å². The zero-order chi connectivity index (χ0) is 23.7. The van der Waals surface area contributed by atoms with Gasteiger partial charge in [0.25, 0.3) is 0 Å². The van der Waals surface area contributed by atoms with E-state index in [0.717, 1.165) is 11.0 Å². The fraction of sp³-hybridized carbons (Fsp3) is 0.261. The molecule has 0 saturated heterocycles.